The first-order valence-corrected chi connectivity index (χ1v) is 11.1. The third-order valence-electron chi connectivity index (χ3n) is 4.16. The molecule has 2 aromatic rings. The lowest BCUT2D eigenvalue weighted by Gasteiger charge is -2.23. The number of carbonyl (C=O) groups excluding carboxylic acids is 1. The lowest BCUT2D eigenvalue weighted by Crippen LogP contribution is -2.41. The molecule has 0 amide bonds. The van der Waals surface area contributed by atoms with Gasteiger partial charge in [-0.25, -0.2) is 13.4 Å². The molecule has 4 nitrogen and oxygen atoms in total. The molecule has 0 N–H and O–H groups in total. The summed E-state index contributed by atoms with van der Waals surface area (Å²) in [5.41, 5.74) is 0.752. The van der Waals surface area contributed by atoms with E-state index in [-0.39, 0.29) is 21.8 Å². The molecule has 0 fully saturated rings. The highest BCUT2D eigenvalue weighted by Crippen LogP contribution is 2.34. The van der Waals surface area contributed by atoms with Crippen LogP contribution < -0.4 is 0 Å². The lowest BCUT2D eigenvalue weighted by atomic mass is 9.93. The number of hydrogen-bond donors (Lipinski definition) is 0. The summed E-state index contributed by atoms with van der Waals surface area (Å²) >= 11 is 13.3. The second-order valence-corrected chi connectivity index (χ2v) is 11.8. The van der Waals surface area contributed by atoms with Gasteiger partial charge >= 0.3 is 0 Å². The monoisotopic (exact) mass is 433 g/mol. The molecule has 0 aliphatic carbocycles. The Morgan fingerprint density at radius 1 is 1.15 bits per heavy atom. The van der Waals surface area contributed by atoms with Crippen LogP contribution in [0.4, 0.5) is 0 Å². The van der Waals surface area contributed by atoms with Crippen LogP contribution in [0.15, 0.2) is 28.5 Å². The maximum absolute atomic E-state index is 13.0. The number of ketones is 1. The minimum atomic E-state index is -3.99. The summed E-state index contributed by atoms with van der Waals surface area (Å²) in [4.78, 5) is 17.2. The topological polar surface area (TPSA) is 64.1 Å². The number of benzene rings is 1. The molecule has 142 valence electrons. The van der Waals surface area contributed by atoms with Gasteiger partial charge in [-0.15, -0.1) is 11.3 Å². The molecule has 0 bridgehead atoms. The molecular weight excluding hydrogens is 413 g/mol. The van der Waals surface area contributed by atoms with Crippen molar-refractivity contribution in [3.8, 4) is 0 Å². The summed E-state index contributed by atoms with van der Waals surface area (Å²) in [5, 5.41) is 2.84. The van der Waals surface area contributed by atoms with Gasteiger partial charge in [0.2, 0.25) is 0 Å². The lowest BCUT2D eigenvalue weighted by molar-refractivity contribution is -0.120. The minimum absolute atomic E-state index is 0.00245. The first-order chi connectivity index (χ1) is 11.8. The van der Waals surface area contributed by atoms with Crippen LogP contribution in [0, 0.1) is 0 Å². The van der Waals surface area contributed by atoms with Crippen molar-refractivity contribution < 1.29 is 13.2 Å². The fourth-order valence-electron chi connectivity index (χ4n) is 2.20. The molecule has 2 rings (SSSR count). The Bertz CT molecular complexity index is 942. The average Bonchev–Trinajstić information content (AvgIpc) is 2.95. The molecule has 0 spiro atoms. The standard InChI is InChI=1S/C18H21Cl2NO3S2/c1-17(2,3)14-10-25-16(21-14)9-15(22)18(4,5)26(23,24)13-7-6-11(19)8-12(13)20/h6-8,10H,9H2,1-5H3. The van der Waals surface area contributed by atoms with E-state index in [1.54, 1.807) is 0 Å². The zero-order valence-corrected chi connectivity index (χ0v) is 18.4. The van der Waals surface area contributed by atoms with Crippen molar-refractivity contribution in [2.24, 2.45) is 0 Å². The van der Waals surface area contributed by atoms with Crippen molar-refractivity contribution in [2.45, 2.75) is 56.1 Å². The first-order valence-electron chi connectivity index (χ1n) is 7.94. The molecule has 0 saturated carbocycles. The second-order valence-electron chi connectivity index (χ2n) is 7.56. The van der Waals surface area contributed by atoms with Gasteiger partial charge in [0, 0.05) is 15.8 Å². The predicted octanol–water partition coefficient (Wildman–Crippen LogP) is 5.11. The Morgan fingerprint density at radius 2 is 1.77 bits per heavy atom. The molecule has 0 unspecified atom stereocenters. The molecular formula is C18H21Cl2NO3S2. The van der Waals surface area contributed by atoms with Gasteiger partial charge in [-0.2, -0.15) is 0 Å². The van der Waals surface area contributed by atoms with E-state index in [0.717, 1.165) is 5.69 Å². The highest BCUT2D eigenvalue weighted by Gasteiger charge is 2.43. The van der Waals surface area contributed by atoms with E-state index in [0.29, 0.717) is 10.0 Å². The van der Waals surface area contributed by atoms with Crippen LogP contribution in [0.3, 0.4) is 0 Å². The second kappa shape index (κ2) is 7.23. The molecule has 0 aliphatic heterocycles. The number of halogens is 2. The molecule has 1 heterocycles. The van der Waals surface area contributed by atoms with Gasteiger partial charge in [-0.1, -0.05) is 44.0 Å². The van der Waals surface area contributed by atoms with Crippen molar-refractivity contribution in [3.63, 3.8) is 0 Å². The van der Waals surface area contributed by atoms with Crippen LogP contribution in [0.5, 0.6) is 0 Å². The zero-order chi connectivity index (χ0) is 19.9. The number of nitrogens with zero attached hydrogens (tertiary/aromatic N) is 1. The van der Waals surface area contributed by atoms with Gasteiger partial charge in [-0.05, 0) is 32.0 Å². The number of carbonyl (C=O) groups is 1. The summed E-state index contributed by atoms with van der Waals surface area (Å²) < 4.78 is 24.4. The maximum Gasteiger partial charge on any atom is 0.192 e. The van der Waals surface area contributed by atoms with Gasteiger partial charge in [0.25, 0.3) is 0 Å². The highest BCUT2D eigenvalue weighted by atomic mass is 35.5. The Morgan fingerprint density at radius 3 is 2.27 bits per heavy atom. The molecule has 26 heavy (non-hydrogen) atoms. The summed E-state index contributed by atoms with van der Waals surface area (Å²) in [6.07, 6.45) is -0.0435. The number of hydrogen-bond acceptors (Lipinski definition) is 5. The third-order valence-corrected chi connectivity index (χ3v) is 8.17. The Kier molecular flexibility index (Phi) is 5.93. The smallest absolute Gasteiger partial charge is 0.192 e. The van der Waals surface area contributed by atoms with Crippen LogP contribution in [-0.4, -0.2) is 23.9 Å². The molecule has 0 radical (unpaired) electrons. The largest absolute Gasteiger partial charge is 0.297 e. The number of Topliss-reactive ketones (excluding diaryl/α,β-unsaturated/α-hetero) is 1. The minimum Gasteiger partial charge on any atom is -0.297 e. The summed E-state index contributed by atoms with van der Waals surface area (Å²) in [7, 11) is -3.99. The Labute approximate surface area is 168 Å². The molecule has 0 atom stereocenters. The van der Waals surface area contributed by atoms with Crippen LogP contribution in [-0.2, 0) is 26.5 Å². The van der Waals surface area contributed by atoms with Crippen molar-refractivity contribution in [3.05, 3.63) is 44.3 Å². The maximum atomic E-state index is 13.0. The molecule has 0 aliphatic rings. The van der Waals surface area contributed by atoms with E-state index >= 15 is 0 Å². The van der Waals surface area contributed by atoms with Gasteiger partial charge < -0.3 is 0 Å². The average molecular weight is 434 g/mol. The Balaban J connectivity index is 2.33. The normalized spacial score (nSPS) is 13.0. The third kappa shape index (κ3) is 4.14. The van der Waals surface area contributed by atoms with Gasteiger partial charge in [-0.3, -0.25) is 4.79 Å². The quantitative estimate of drug-likeness (QED) is 0.656. The van der Waals surface area contributed by atoms with E-state index in [9.17, 15) is 13.2 Å². The van der Waals surface area contributed by atoms with Crippen LogP contribution in [0.1, 0.15) is 45.3 Å². The number of sulfone groups is 1. The van der Waals surface area contributed by atoms with Gasteiger partial charge in [0.1, 0.15) is 9.75 Å². The van der Waals surface area contributed by atoms with Crippen LogP contribution in [0.2, 0.25) is 10.0 Å². The number of thiazole rings is 1. The summed E-state index contributed by atoms with van der Waals surface area (Å²) in [5.74, 6) is -0.432. The summed E-state index contributed by atoms with van der Waals surface area (Å²) in [6.45, 7) is 8.89. The van der Waals surface area contributed by atoms with Crippen LogP contribution in [0.25, 0.3) is 0 Å². The van der Waals surface area contributed by atoms with Gasteiger partial charge in [0.05, 0.1) is 22.0 Å². The van der Waals surface area contributed by atoms with E-state index in [2.05, 4.69) is 4.98 Å². The van der Waals surface area contributed by atoms with E-state index in [4.69, 9.17) is 23.2 Å². The molecule has 1 aromatic heterocycles. The van der Waals surface area contributed by atoms with Crippen molar-refractivity contribution in [2.75, 3.05) is 0 Å². The van der Waals surface area contributed by atoms with Crippen LogP contribution >= 0.6 is 34.5 Å². The highest BCUT2D eigenvalue weighted by molar-refractivity contribution is 7.93. The fraction of sp³-hybridized carbons (Fsp3) is 0.444. The van der Waals surface area contributed by atoms with Crippen molar-refractivity contribution in [1.82, 2.24) is 4.98 Å². The zero-order valence-electron chi connectivity index (χ0n) is 15.3. The van der Waals surface area contributed by atoms with E-state index < -0.39 is 20.4 Å². The molecule has 0 saturated heterocycles. The number of rotatable bonds is 5. The SMILES string of the molecule is CC(C)(C)c1csc(CC(=O)C(C)(C)S(=O)(=O)c2ccc(Cl)cc2Cl)n1. The van der Waals surface area contributed by atoms with Crippen molar-refractivity contribution in [1.29, 1.82) is 0 Å². The molecule has 8 heteroatoms. The van der Waals surface area contributed by atoms with Gasteiger partial charge in [0.15, 0.2) is 15.6 Å². The fourth-order valence-corrected chi connectivity index (χ4v) is 5.42. The van der Waals surface area contributed by atoms with E-state index in [1.165, 1.54) is 43.4 Å². The first kappa shape index (κ1) is 21.4. The van der Waals surface area contributed by atoms with Crippen molar-refractivity contribution >= 4 is 50.2 Å². The molecule has 1 aromatic carbocycles. The predicted molar refractivity (Wildman–Crippen MR) is 107 cm³/mol. The number of aromatic nitrogens is 1. The van der Waals surface area contributed by atoms with E-state index in [1.807, 2.05) is 26.2 Å². The summed E-state index contributed by atoms with van der Waals surface area (Å²) in [6, 6.07) is 4.13. The Hall–Kier alpha value is -0.950.